The van der Waals surface area contributed by atoms with Crippen molar-refractivity contribution >= 4 is 29.1 Å². The lowest BCUT2D eigenvalue weighted by molar-refractivity contribution is 0.0954. The van der Waals surface area contributed by atoms with Crippen molar-refractivity contribution in [1.29, 1.82) is 0 Å². The maximum Gasteiger partial charge on any atom is 0.251 e. The number of carbonyl (C=O) groups excluding carboxylic acids is 1. The Kier molecular flexibility index (Phi) is 4.94. The predicted octanol–water partition coefficient (Wildman–Crippen LogP) is 3.38. The SMILES string of the molecule is O=C(NCCc1ccc(O)c(O)c1)c1cc(Cl)cc(Cl)c1. The zero-order chi connectivity index (χ0) is 15.4. The number of hydrogen-bond donors (Lipinski definition) is 3. The van der Waals surface area contributed by atoms with E-state index in [0.29, 0.717) is 28.6 Å². The van der Waals surface area contributed by atoms with Gasteiger partial charge >= 0.3 is 0 Å². The van der Waals surface area contributed by atoms with Crippen LogP contribution in [0.2, 0.25) is 10.0 Å². The molecule has 1 amide bonds. The molecule has 0 radical (unpaired) electrons. The first-order valence-electron chi connectivity index (χ1n) is 6.21. The zero-order valence-electron chi connectivity index (χ0n) is 10.9. The first-order valence-corrected chi connectivity index (χ1v) is 6.96. The van der Waals surface area contributed by atoms with Crippen LogP contribution in [0.5, 0.6) is 11.5 Å². The molecule has 2 rings (SSSR count). The fraction of sp³-hybridized carbons (Fsp3) is 0.133. The van der Waals surface area contributed by atoms with Crippen LogP contribution in [0, 0.1) is 0 Å². The van der Waals surface area contributed by atoms with E-state index < -0.39 is 0 Å². The van der Waals surface area contributed by atoms with Crippen molar-refractivity contribution in [3.63, 3.8) is 0 Å². The lowest BCUT2D eigenvalue weighted by atomic mass is 10.1. The normalized spacial score (nSPS) is 10.4. The van der Waals surface area contributed by atoms with Gasteiger partial charge in [-0.3, -0.25) is 4.79 Å². The van der Waals surface area contributed by atoms with Crippen LogP contribution in [-0.2, 0) is 6.42 Å². The minimum atomic E-state index is -0.276. The lowest BCUT2D eigenvalue weighted by Crippen LogP contribution is -2.25. The fourth-order valence-electron chi connectivity index (χ4n) is 1.83. The number of aromatic hydroxyl groups is 2. The van der Waals surface area contributed by atoms with Gasteiger partial charge in [0, 0.05) is 22.2 Å². The number of halogens is 2. The van der Waals surface area contributed by atoms with Crippen molar-refractivity contribution in [3.8, 4) is 11.5 Å². The average Bonchev–Trinajstić information content (AvgIpc) is 2.41. The van der Waals surface area contributed by atoms with E-state index >= 15 is 0 Å². The van der Waals surface area contributed by atoms with Crippen molar-refractivity contribution in [3.05, 3.63) is 57.6 Å². The molecular weight excluding hydrogens is 313 g/mol. The number of phenols is 2. The molecule has 0 saturated heterocycles. The van der Waals surface area contributed by atoms with E-state index in [0.717, 1.165) is 5.56 Å². The summed E-state index contributed by atoms with van der Waals surface area (Å²) in [6.07, 6.45) is 0.522. The molecule has 0 aliphatic carbocycles. The van der Waals surface area contributed by atoms with Crippen molar-refractivity contribution in [1.82, 2.24) is 5.32 Å². The summed E-state index contributed by atoms with van der Waals surface area (Å²) in [6.45, 7) is 0.382. The predicted molar refractivity (Wildman–Crippen MR) is 82.3 cm³/mol. The number of amides is 1. The highest BCUT2D eigenvalue weighted by Gasteiger charge is 2.08. The molecule has 0 fully saturated rings. The maximum absolute atomic E-state index is 11.9. The highest BCUT2D eigenvalue weighted by atomic mass is 35.5. The van der Waals surface area contributed by atoms with Gasteiger partial charge in [0.25, 0.3) is 5.91 Å². The Morgan fingerprint density at radius 2 is 1.67 bits per heavy atom. The van der Waals surface area contributed by atoms with Crippen LogP contribution in [-0.4, -0.2) is 22.7 Å². The molecule has 2 aromatic carbocycles. The molecule has 4 nitrogen and oxygen atoms in total. The molecule has 0 aromatic heterocycles. The number of hydrogen-bond acceptors (Lipinski definition) is 3. The van der Waals surface area contributed by atoms with Crippen LogP contribution in [0.25, 0.3) is 0 Å². The van der Waals surface area contributed by atoms with E-state index in [2.05, 4.69) is 5.32 Å². The summed E-state index contributed by atoms with van der Waals surface area (Å²) in [7, 11) is 0. The van der Waals surface area contributed by atoms with Crippen molar-refractivity contribution in [2.75, 3.05) is 6.54 Å². The van der Waals surface area contributed by atoms with Gasteiger partial charge in [0.05, 0.1) is 0 Å². The Hall–Kier alpha value is -1.91. The highest BCUT2D eigenvalue weighted by Crippen LogP contribution is 2.25. The molecule has 2 aromatic rings. The van der Waals surface area contributed by atoms with Gasteiger partial charge in [0.2, 0.25) is 0 Å². The van der Waals surface area contributed by atoms with Crippen LogP contribution >= 0.6 is 23.2 Å². The quantitative estimate of drug-likeness (QED) is 0.755. The van der Waals surface area contributed by atoms with Crippen LogP contribution in [0.1, 0.15) is 15.9 Å². The Labute approximate surface area is 131 Å². The van der Waals surface area contributed by atoms with Gasteiger partial charge in [-0.1, -0.05) is 29.3 Å². The van der Waals surface area contributed by atoms with Crippen LogP contribution in [0.3, 0.4) is 0 Å². The van der Waals surface area contributed by atoms with E-state index in [1.807, 2.05) is 0 Å². The third kappa shape index (κ3) is 4.28. The molecule has 0 bridgehead atoms. The van der Waals surface area contributed by atoms with Crippen molar-refractivity contribution in [2.24, 2.45) is 0 Å². The van der Waals surface area contributed by atoms with Crippen LogP contribution < -0.4 is 5.32 Å². The van der Waals surface area contributed by atoms with Gasteiger partial charge in [-0.25, -0.2) is 0 Å². The van der Waals surface area contributed by atoms with Gasteiger partial charge in [0.1, 0.15) is 0 Å². The van der Waals surface area contributed by atoms with E-state index in [1.165, 1.54) is 24.3 Å². The molecule has 0 aliphatic heterocycles. The summed E-state index contributed by atoms with van der Waals surface area (Å²) in [4.78, 5) is 11.9. The number of nitrogens with one attached hydrogen (secondary N) is 1. The summed E-state index contributed by atoms with van der Waals surface area (Å²) < 4.78 is 0. The summed E-state index contributed by atoms with van der Waals surface area (Å²) in [5.41, 5.74) is 1.19. The van der Waals surface area contributed by atoms with E-state index in [4.69, 9.17) is 23.2 Å². The minimum Gasteiger partial charge on any atom is -0.504 e. The molecular formula is C15H13Cl2NO3. The molecule has 0 atom stereocenters. The monoisotopic (exact) mass is 325 g/mol. The molecule has 21 heavy (non-hydrogen) atoms. The van der Waals surface area contributed by atoms with Crippen LogP contribution in [0.15, 0.2) is 36.4 Å². The second-order valence-corrected chi connectivity index (χ2v) is 5.36. The fourth-order valence-corrected chi connectivity index (χ4v) is 2.36. The number of rotatable bonds is 4. The van der Waals surface area contributed by atoms with Crippen LogP contribution in [0.4, 0.5) is 0 Å². The summed E-state index contributed by atoms with van der Waals surface area (Å²) in [5, 5.41) is 22.1. The maximum atomic E-state index is 11.9. The Bertz CT molecular complexity index is 654. The Morgan fingerprint density at radius 1 is 1.00 bits per heavy atom. The summed E-state index contributed by atoms with van der Waals surface area (Å²) in [5.74, 6) is -0.626. The second kappa shape index (κ2) is 6.70. The zero-order valence-corrected chi connectivity index (χ0v) is 12.4. The molecule has 6 heteroatoms. The Balaban J connectivity index is 1.93. The average molecular weight is 326 g/mol. The van der Waals surface area contributed by atoms with Gasteiger partial charge < -0.3 is 15.5 Å². The molecule has 110 valence electrons. The molecule has 0 unspecified atom stereocenters. The molecule has 3 N–H and O–H groups in total. The lowest BCUT2D eigenvalue weighted by Gasteiger charge is -2.07. The number of benzene rings is 2. The topological polar surface area (TPSA) is 69.6 Å². The van der Waals surface area contributed by atoms with Gasteiger partial charge in [0.15, 0.2) is 11.5 Å². The third-order valence-corrected chi connectivity index (χ3v) is 3.30. The van der Waals surface area contributed by atoms with Gasteiger partial charge in [-0.15, -0.1) is 0 Å². The summed E-state index contributed by atoms with van der Waals surface area (Å²) >= 11 is 11.7. The van der Waals surface area contributed by atoms with Gasteiger partial charge in [-0.2, -0.15) is 0 Å². The molecule has 0 spiro atoms. The highest BCUT2D eigenvalue weighted by molar-refractivity contribution is 6.35. The Morgan fingerprint density at radius 3 is 2.29 bits per heavy atom. The largest absolute Gasteiger partial charge is 0.504 e. The van der Waals surface area contributed by atoms with E-state index in [1.54, 1.807) is 12.1 Å². The smallest absolute Gasteiger partial charge is 0.251 e. The van der Waals surface area contributed by atoms with E-state index in [9.17, 15) is 15.0 Å². The third-order valence-electron chi connectivity index (χ3n) is 2.86. The first kappa shape index (κ1) is 15.5. The first-order chi connectivity index (χ1) is 9.95. The van der Waals surface area contributed by atoms with Crippen molar-refractivity contribution in [2.45, 2.75) is 6.42 Å². The standard InChI is InChI=1S/C15H13Cl2NO3/c16-11-6-10(7-12(17)8-11)15(21)18-4-3-9-1-2-13(19)14(20)5-9/h1-2,5-8,19-20H,3-4H2,(H,18,21). The molecule has 0 saturated carbocycles. The van der Waals surface area contributed by atoms with Gasteiger partial charge in [-0.05, 0) is 42.3 Å². The summed E-state index contributed by atoms with van der Waals surface area (Å²) in [6, 6.07) is 9.17. The molecule has 0 heterocycles. The van der Waals surface area contributed by atoms with E-state index in [-0.39, 0.29) is 17.4 Å². The number of phenolic OH excluding ortho intramolecular Hbond substituents is 2. The van der Waals surface area contributed by atoms with Crippen molar-refractivity contribution < 1.29 is 15.0 Å². The minimum absolute atomic E-state index is 0.170. The number of carbonyl (C=O) groups is 1. The molecule has 0 aliphatic rings. The second-order valence-electron chi connectivity index (χ2n) is 4.49.